The molecule has 3 aromatic carbocycles. The van der Waals surface area contributed by atoms with Crippen LogP contribution in [-0.4, -0.2) is 24.9 Å². The summed E-state index contributed by atoms with van der Waals surface area (Å²) < 4.78 is 10.1. The zero-order valence-electron chi connectivity index (χ0n) is 17.2. The number of hydrogen-bond acceptors (Lipinski definition) is 5. The quantitative estimate of drug-likeness (QED) is 0.446. The largest absolute Gasteiger partial charge is 0.497 e. The molecule has 7 nitrogen and oxygen atoms in total. The predicted octanol–water partition coefficient (Wildman–Crippen LogP) is 4.05. The molecule has 7 heteroatoms. The van der Waals surface area contributed by atoms with E-state index in [4.69, 9.17) is 9.47 Å². The Labute approximate surface area is 180 Å². The molecular formula is C24H22N2O5. The number of hydrogen-bond donors (Lipinski definition) is 2. The lowest BCUT2D eigenvalue weighted by molar-refractivity contribution is -0.131. The van der Waals surface area contributed by atoms with Crippen LogP contribution >= 0.6 is 0 Å². The number of anilines is 2. The topological polar surface area (TPSA) is 93.7 Å². The highest BCUT2D eigenvalue weighted by Gasteiger charge is 2.09. The summed E-state index contributed by atoms with van der Waals surface area (Å²) in [7, 11) is 1.59. The number of ether oxygens (including phenoxy) is 2. The monoisotopic (exact) mass is 418 g/mol. The van der Waals surface area contributed by atoms with Crippen molar-refractivity contribution in [2.45, 2.75) is 13.3 Å². The molecular weight excluding hydrogens is 396 g/mol. The number of nitrogens with one attached hydrogen (secondary N) is 2. The van der Waals surface area contributed by atoms with Gasteiger partial charge < -0.3 is 20.1 Å². The van der Waals surface area contributed by atoms with E-state index in [-0.39, 0.29) is 18.2 Å². The zero-order valence-corrected chi connectivity index (χ0v) is 17.2. The second-order valence-electron chi connectivity index (χ2n) is 6.73. The minimum atomic E-state index is -0.456. The van der Waals surface area contributed by atoms with Crippen molar-refractivity contribution in [2.24, 2.45) is 0 Å². The zero-order chi connectivity index (χ0) is 22.2. The molecule has 0 unspecified atom stereocenters. The summed E-state index contributed by atoms with van der Waals surface area (Å²) in [5.41, 5.74) is 2.41. The SMILES string of the molecule is COc1ccc(CC(=O)Nc2ccc(NC(=O)c3cccc(OC(C)=O)c3)cc2)cc1. The van der Waals surface area contributed by atoms with E-state index in [1.54, 1.807) is 49.6 Å². The standard InChI is InChI=1S/C24H22N2O5/c1-16(27)31-22-5-3-4-18(15-22)24(29)26-20-10-8-19(9-11-20)25-23(28)14-17-6-12-21(30-2)13-7-17/h3-13,15H,14H2,1-2H3,(H,25,28)(H,26,29). The molecule has 0 bridgehead atoms. The highest BCUT2D eigenvalue weighted by Crippen LogP contribution is 2.18. The van der Waals surface area contributed by atoms with Crippen LogP contribution < -0.4 is 20.1 Å². The number of methoxy groups -OCH3 is 1. The summed E-state index contributed by atoms with van der Waals surface area (Å²) in [5.74, 6) is 0.0895. The van der Waals surface area contributed by atoms with Gasteiger partial charge in [-0.2, -0.15) is 0 Å². The second kappa shape index (κ2) is 10.1. The molecule has 0 aliphatic heterocycles. The molecule has 2 N–H and O–H groups in total. The first kappa shape index (κ1) is 21.6. The maximum absolute atomic E-state index is 12.4. The van der Waals surface area contributed by atoms with Crippen LogP contribution in [0.25, 0.3) is 0 Å². The van der Waals surface area contributed by atoms with Gasteiger partial charge in [-0.25, -0.2) is 0 Å². The number of amides is 2. The van der Waals surface area contributed by atoms with Crippen molar-refractivity contribution in [1.82, 2.24) is 0 Å². The molecule has 3 aromatic rings. The van der Waals surface area contributed by atoms with Crippen molar-refractivity contribution >= 4 is 29.2 Å². The predicted molar refractivity (Wildman–Crippen MR) is 117 cm³/mol. The fraction of sp³-hybridized carbons (Fsp3) is 0.125. The normalized spacial score (nSPS) is 10.1. The summed E-state index contributed by atoms with van der Waals surface area (Å²) >= 11 is 0. The van der Waals surface area contributed by atoms with Gasteiger partial charge in [-0.05, 0) is 60.2 Å². The van der Waals surface area contributed by atoms with Crippen molar-refractivity contribution in [2.75, 3.05) is 17.7 Å². The van der Waals surface area contributed by atoms with Gasteiger partial charge in [0.25, 0.3) is 5.91 Å². The summed E-state index contributed by atoms with van der Waals surface area (Å²) in [6.45, 7) is 1.30. The Bertz CT molecular complexity index is 1080. The molecule has 0 fully saturated rings. The summed E-state index contributed by atoms with van der Waals surface area (Å²) in [6.07, 6.45) is 0.237. The van der Waals surface area contributed by atoms with Crippen molar-refractivity contribution in [3.8, 4) is 11.5 Å². The van der Waals surface area contributed by atoms with Crippen LogP contribution in [0.4, 0.5) is 11.4 Å². The van der Waals surface area contributed by atoms with Gasteiger partial charge in [0, 0.05) is 23.9 Å². The third-order valence-corrected chi connectivity index (χ3v) is 4.31. The van der Waals surface area contributed by atoms with E-state index in [0.29, 0.717) is 22.7 Å². The molecule has 2 amide bonds. The average Bonchev–Trinajstić information content (AvgIpc) is 2.75. The summed E-state index contributed by atoms with van der Waals surface area (Å²) in [5, 5.41) is 5.59. The molecule has 0 aliphatic carbocycles. The van der Waals surface area contributed by atoms with Gasteiger partial charge >= 0.3 is 5.97 Å². The lowest BCUT2D eigenvalue weighted by Crippen LogP contribution is -2.15. The van der Waals surface area contributed by atoms with Crippen LogP contribution in [0, 0.1) is 0 Å². The third kappa shape index (κ3) is 6.43. The van der Waals surface area contributed by atoms with Gasteiger partial charge in [0.1, 0.15) is 11.5 Å². The van der Waals surface area contributed by atoms with Crippen LogP contribution in [0.3, 0.4) is 0 Å². The number of benzene rings is 3. The van der Waals surface area contributed by atoms with Crippen LogP contribution in [-0.2, 0) is 16.0 Å². The maximum Gasteiger partial charge on any atom is 0.308 e. The Hall–Kier alpha value is -4.13. The molecule has 0 spiro atoms. The third-order valence-electron chi connectivity index (χ3n) is 4.31. The van der Waals surface area contributed by atoms with Crippen molar-refractivity contribution in [3.05, 3.63) is 83.9 Å². The minimum Gasteiger partial charge on any atom is -0.497 e. The minimum absolute atomic E-state index is 0.149. The maximum atomic E-state index is 12.4. The lowest BCUT2D eigenvalue weighted by Gasteiger charge is -2.09. The summed E-state index contributed by atoms with van der Waals surface area (Å²) in [6, 6.07) is 20.4. The fourth-order valence-electron chi connectivity index (χ4n) is 2.84. The van der Waals surface area contributed by atoms with E-state index in [2.05, 4.69) is 10.6 Å². The number of carbonyl (C=O) groups excluding carboxylic acids is 3. The number of esters is 1. The molecule has 0 saturated carbocycles. The molecule has 0 radical (unpaired) electrons. The highest BCUT2D eigenvalue weighted by atomic mass is 16.5. The Morgan fingerprint density at radius 1 is 0.806 bits per heavy atom. The van der Waals surface area contributed by atoms with Gasteiger partial charge in [0.2, 0.25) is 5.91 Å². The first-order valence-corrected chi connectivity index (χ1v) is 9.55. The van der Waals surface area contributed by atoms with E-state index >= 15 is 0 Å². The Kier molecular flexibility index (Phi) is 7.01. The molecule has 0 saturated heterocycles. The Morgan fingerprint density at radius 3 is 2.06 bits per heavy atom. The van der Waals surface area contributed by atoms with Crippen LogP contribution in [0.15, 0.2) is 72.8 Å². The van der Waals surface area contributed by atoms with E-state index < -0.39 is 5.97 Å². The van der Waals surface area contributed by atoms with Gasteiger partial charge in [-0.1, -0.05) is 18.2 Å². The van der Waals surface area contributed by atoms with Gasteiger partial charge in [0.05, 0.1) is 13.5 Å². The second-order valence-corrected chi connectivity index (χ2v) is 6.73. The summed E-state index contributed by atoms with van der Waals surface area (Å²) in [4.78, 5) is 35.7. The molecule has 0 aliphatic rings. The molecule has 31 heavy (non-hydrogen) atoms. The molecule has 0 atom stereocenters. The molecule has 158 valence electrons. The van der Waals surface area contributed by atoms with E-state index in [9.17, 15) is 14.4 Å². The van der Waals surface area contributed by atoms with E-state index in [1.165, 1.54) is 13.0 Å². The van der Waals surface area contributed by atoms with Gasteiger partial charge in [-0.15, -0.1) is 0 Å². The first-order chi connectivity index (χ1) is 14.9. The van der Waals surface area contributed by atoms with Crippen LogP contribution in [0.5, 0.6) is 11.5 Å². The van der Waals surface area contributed by atoms with Crippen LogP contribution in [0.2, 0.25) is 0 Å². The lowest BCUT2D eigenvalue weighted by atomic mass is 10.1. The van der Waals surface area contributed by atoms with E-state index in [0.717, 1.165) is 11.3 Å². The van der Waals surface area contributed by atoms with Crippen molar-refractivity contribution in [1.29, 1.82) is 0 Å². The van der Waals surface area contributed by atoms with Gasteiger partial charge in [0.15, 0.2) is 0 Å². The Morgan fingerprint density at radius 2 is 1.45 bits per heavy atom. The van der Waals surface area contributed by atoms with Crippen molar-refractivity contribution in [3.63, 3.8) is 0 Å². The Balaban J connectivity index is 1.56. The fourth-order valence-corrected chi connectivity index (χ4v) is 2.84. The molecule has 0 heterocycles. The average molecular weight is 418 g/mol. The number of rotatable bonds is 7. The molecule has 0 aromatic heterocycles. The number of carbonyl (C=O) groups is 3. The molecule has 3 rings (SSSR count). The van der Waals surface area contributed by atoms with Crippen LogP contribution in [0.1, 0.15) is 22.8 Å². The first-order valence-electron chi connectivity index (χ1n) is 9.55. The smallest absolute Gasteiger partial charge is 0.308 e. The van der Waals surface area contributed by atoms with E-state index in [1.807, 2.05) is 24.3 Å². The van der Waals surface area contributed by atoms with Gasteiger partial charge in [-0.3, -0.25) is 14.4 Å². The highest BCUT2D eigenvalue weighted by molar-refractivity contribution is 6.04. The van der Waals surface area contributed by atoms with Crippen molar-refractivity contribution < 1.29 is 23.9 Å².